The van der Waals surface area contributed by atoms with Crippen molar-refractivity contribution in [3.05, 3.63) is 73.4 Å². The summed E-state index contributed by atoms with van der Waals surface area (Å²) in [4.78, 5) is 12.3. The minimum Gasteiger partial charge on any atom is -0.493 e. The third kappa shape index (κ3) is 6.07. The highest BCUT2D eigenvalue weighted by atomic mass is 79.9. The second-order valence-electron chi connectivity index (χ2n) is 7.23. The van der Waals surface area contributed by atoms with Crippen molar-refractivity contribution in [2.24, 2.45) is 5.10 Å². The second kappa shape index (κ2) is 11.0. The molecule has 1 N–H and O–H groups in total. The molecule has 33 heavy (non-hydrogen) atoms. The van der Waals surface area contributed by atoms with E-state index in [2.05, 4.69) is 31.6 Å². The Morgan fingerprint density at radius 3 is 2.48 bits per heavy atom. The van der Waals surface area contributed by atoms with Gasteiger partial charge in [-0.3, -0.25) is 9.48 Å². The van der Waals surface area contributed by atoms with Gasteiger partial charge in [-0.2, -0.15) is 10.2 Å². The molecule has 0 aliphatic carbocycles. The zero-order chi connectivity index (χ0) is 24.1. The normalized spacial score (nSPS) is 11.4. The maximum atomic E-state index is 12.3. The number of hydrazone groups is 1. The molecular weight excluding hydrogens is 531 g/mol. The number of amides is 1. The van der Waals surface area contributed by atoms with Crippen molar-refractivity contribution in [3.8, 4) is 11.5 Å². The number of methoxy groups -OCH3 is 1. The molecule has 3 rings (SSSR count). The lowest BCUT2D eigenvalue weighted by Crippen LogP contribution is -2.25. The Kier molecular flexibility index (Phi) is 8.40. The first-order chi connectivity index (χ1) is 15.7. The fraction of sp³-hybridized carbons (Fsp3) is 0.261. The first kappa shape index (κ1) is 25.1. The second-order valence-corrected chi connectivity index (χ2v) is 8.84. The molecule has 174 valence electrons. The summed E-state index contributed by atoms with van der Waals surface area (Å²) in [6.07, 6.45) is 0. The largest absolute Gasteiger partial charge is 0.493 e. The van der Waals surface area contributed by atoms with E-state index in [1.54, 1.807) is 49.0 Å². The number of rotatable bonds is 8. The molecule has 2 aromatic carbocycles. The molecule has 1 aromatic heterocycles. The van der Waals surface area contributed by atoms with Gasteiger partial charge >= 0.3 is 0 Å². The Morgan fingerprint density at radius 1 is 1.18 bits per heavy atom. The smallest absolute Gasteiger partial charge is 0.261 e. The van der Waals surface area contributed by atoms with Crippen LogP contribution in [0, 0.1) is 13.8 Å². The van der Waals surface area contributed by atoms with Crippen LogP contribution in [0.25, 0.3) is 0 Å². The van der Waals surface area contributed by atoms with E-state index in [1.807, 2.05) is 19.9 Å². The van der Waals surface area contributed by atoms with Gasteiger partial charge in [0.2, 0.25) is 0 Å². The third-order valence-electron chi connectivity index (χ3n) is 4.95. The van der Waals surface area contributed by atoms with Crippen LogP contribution in [0.3, 0.4) is 0 Å². The predicted octanol–water partition coefficient (Wildman–Crippen LogP) is 5.70. The minimum absolute atomic E-state index is 0.0652. The Hall–Kier alpha value is -2.55. The summed E-state index contributed by atoms with van der Waals surface area (Å²) in [5.41, 5.74) is 6.34. The van der Waals surface area contributed by atoms with Crippen molar-refractivity contribution >= 4 is 50.8 Å². The SMILES string of the molecule is COc1cc(/C(C)=N/NC(=O)Cn2nc(C)c(Br)c2C)ccc1OCc1c(Cl)cccc1Cl. The molecule has 7 nitrogen and oxygen atoms in total. The summed E-state index contributed by atoms with van der Waals surface area (Å²) in [5, 5.41) is 9.60. The predicted molar refractivity (Wildman–Crippen MR) is 134 cm³/mol. The number of halogens is 3. The highest BCUT2D eigenvalue weighted by Gasteiger charge is 2.13. The van der Waals surface area contributed by atoms with E-state index in [1.165, 1.54) is 0 Å². The van der Waals surface area contributed by atoms with Gasteiger partial charge in [0.15, 0.2) is 11.5 Å². The van der Waals surface area contributed by atoms with E-state index in [9.17, 15) is 4.79 Å². The molecule has 1 amide bonds. The minimum atomic E-state index is -0.281. The van der Waals surface area contributed by atoms with Crippen molar-refractivity contribution in [1.82, 2.24) is 15.2 Å². The molecule has 1 heterocycles. The lowest BCUT2D eigenvalue weighted by Gasteiger charge is -2.14. The van der Waals surface area contributed by atoms with Gasteiger partial charge < -0.3 is 9.47 Å². The number of carbonyl (C=O) groups is 1. The number of aromatic nitrogens is 2. The molecule has 0 saturated heterocycles. The summed E-state index contributed by atoms with van der Waals surface area (Å²) in [6, 6.07) is 10.7. The lowest BCUT2D eigenvalue weighted by molar-refractivity contribution is -0.121. The van der Waals surface area contributed by atoms with Gasteiger partial charge in [0.05, 0.1) is 28.7 Å². The quantitative estimate of drug-likeness (QED) is 0.287. The number of hydrogen-bond acceptors (Lipinski definition) is 5. The van der Waals surface area contributed by atoms with Crippen molar-refractivity contribution < 1.29 is 14.3 Å². The summed E-state index contributed by atoms with van der Waals surface area (Å²) in [6.45, 7) is 5.81. The Bertz CT molecular complexity index is 1190. The molecule has 0 aliphatic rings. The van der Waals surface area contributed by atoms with Crippen LogP contribution in [0.2, 0.25) is 10.0 Å². The maximum Gasteiger partial charge on any atom is 0.261 e. The summed E-state index contributed by atoms with van der Waals surface area (Å²) in [5.74, 6) is 0.768. The molecule has 0 fully saturated rings. The van der Waals surface area contributed by atoms with Crippen molar-refractivity contribution in [1.29, 1.82) is 0 Å². The zero-order valence-electron chi connectivity index (χ0n) is 18.6. The molecule has 0 saturated carbocycles. The number of hydrogen-bond donors (Lipinski definition) is 1. The Balaban J connectivity index is 1.67. The molecule has 0 unspecified atom stereocenters. The van der Waals surface area contributed by atoms with Crippen molar-refractivity contribution in [2.75, 3.05) is 7.11 Å². The molecule has 0 aliphatic heterocycles. The van der Waals surface area contributed by atoms with E-state index < -0.39 is 0 Å². The fourth-order valence-electron chi connectivity index (χ4n) is 3.04. The fourth-order valence-corrected chi connectivity index (χ4v) is 3.83. The number of nitrogens with one attached hydrogen (secondary N) is 1. The van der Waals surface area contributed by atoms with Crippen LogP contribution in [0.4, 0.5) is 0 Å². The number of ether oxygens (including phenoxy) is 2. The van der Waals surface area contributed by atoms with Crippen molar-refractivity contribution in [3.63, 3.8) is 0 Å². The van der Waals surface area contributed by atoms with E-state index in [0.29, 0.717) is 32.8 Å². The van der Waals surface area contributed by atoms with Crippen LogP contribution in [0.15, 0.2) is 46.0 Å². The van der Waals surface area contributed by atoms with Crippen LogP contribution in [0.5, 0.6) is 11.5 Å². The number of aryl methyl sites for hydroxylation is 1. The standard InChI is InChI=1S/C23H23BrCl2N4O3/c1-13(27-28-22(31)11-30-15(3)23(24)14(2)29-30)16-8-9-20(21(10-16)32-4)33-12-17-18(25)6-5-7-19(17)26/h5-10H,11-12H2,1-4H3,(H,28,31)/b27-13+. The van der Waals surface area contributed by atoms with Gasteiger partial charge in [0.25, 0.3) is 5.91 Å². The van der Waals surface area contributed by atoms with E-state index >= 15 is 0 Å². The van der Waals surface area contributed by atoms with Crippen LogP contribution in [-0.4, -0.2) is 28.5 Å². The van der Waals surface area contributed by atoms with Crippen molar-refractivity contribution in [2.45, 2.75) is 33.9 Å². The highest BCUT2D eigenvalue weighted by molar-refractivity contribution is 9.10. The van der Waals surface area contributed by atoms with Crippen LogP contribution in [-0.2, 0) is 17.9 Å². The monoisotopic (exact) mass is 552 g/mol. The molecule has 0 radical (unpaired) electrons. The van der Waals surface area contributed by atoms with Gasteiger partial charge in [-0.15, -0.1) is 0 Å². The van der Waals surface area contributed by atoms with E-state index in [4.69, 9.17) is 32.7 Å². The van der Waals surface area contributed by atoms with Gasteiger partial charge in [-0.25, -0.2) is 5.43 Å². The van der Waals surface area contributed by atoms with E-state index in [-0.39, 0.29) is 19.1 Å². The number of nitrogens with zero attached hydrogens (tertiary/aromatic N) is 3. The first-order valence-corrected chi connectivity index (χ1v) is 11.5. The Morgan fingerprint density at radius 2 is 1.88 bits per heavy atom. The van der Waals surface area contributed by atoms with Crippen LogP contribution >= 0.6 is 39.1 Å². The molecule has 0 bridgehead atoms. The molecule has 3 aromatic rings. The summed E-state index contributed by atoms with van der Waals surface area (Å²) < 4.78 is 13.9. The number of carbonyl (C=O) groups excluding carboxylic acids is 1. The lowest BCUT2D eigenvalue weighted by atomic mass is 10.1. The van der Waals surface area contributed by atoms with Gasteiger partial charge in [-0.05, 0) is 67.0 Å². The summed E-state index contributed by atoms with van der Waals surface area (Å²) in [7, 11) is 1.55. The zero-order valence-corrected chi connectivity index (χ0v) is 21.7. The van der Waals surface area contributed by atoms with Crippen LogP contribution in [0.1, 0.15) is 29.4 Å². The highest BCUT2D eigenvalue weighted by Crippen LogP contribution is 2.31. The molecule has 0 spiro atoms. The topological polar surface area (TPSA) is 77.7 Å². The average Bonchev–Trinajstić information content (AvgIpc) is 3.03. The molecule has 0 atom stereocenters. The maximum absolute atomic E-state index is 12.3. The van der Waals surface area contributed by atoms with Gasteiger partial charge in [0.1, 0.15) is 13.2 Å². The first-order valence-electron chi connectivity index (χ1n) is 9.98. The van der Waals surface area contributed by atoms with Gasteiger partial charge in [-0.1, -0.05) is 29.3 Å². The molecular formula is C23H23BrCl2N4O3. The van der Waals surface area contributed by atoms with Crippen LogP contribution < -0.4 is 14.9 Å². The van der Waals surface area contributed by atoms with E-state index in [0.717, 1.165) is 21.4 Å². The third-order valence-corrected chi connectivity index (χ3v) is 6.81. The van der Waals surface area contributed by atoms with Gasteiger partial charge in [0, 0.05) is 21.2 Å². The summed E-state index contributed by atoms with van der Waals surface area (Å²) >= 11 is 15.9. The molecule has 10 heteroatoms. The Labute approximate surface area is 210 Å². The number of benzene rings is 2. The average molecular weight is 554 g/mol.